The number of carbonyl (C=O) groups is 1. The zero-order valence-corrected chi connectivity index (χ0v) is 14.8. The molecule has 1 saturated heterocycles. The first-order valence-corrected chi connectivity index (χ1v) is 8.57. The van der Waals surface area contributed by atoms with Gasteiger partial charge >= 0.3 is 12.4 Å². The third kappa shape index (κ3) is 5.15. The zero-order chi connectivity index (χ0) is 21.2. The molecule has 29 heavy (non-hydrogen) atoms. The Labute approximate surface area is 161 Å². The second-order valence-electron chi connectivity index (χ2n) is 6.47. The number of ether oxygens (including phenoxy) is 1. The van der Waals surface area contributed by atoms with E-state index >= 15 is 0 Å². The molecule has 3 rings (SSSR count). The van der Waals surface area contributed by atoms with Crippen molar-refractivity contribution in [2.24, 2.45) is 0 Å². The van der Waals surface area contributed by atoms with Crippen molar-refractivity contribution in [3.8, 4) is 5.88 Å². The predicted octanol–water partition coefficient (Wildman–Crippen LogP) is 4.20. The molecule has 1 fully saturated rings. The Morgan fingerprint density at radius 3 is 2.07 bits per heavy atom. The molecule has 2 aromatic rings. The summed E-state index contributed by atoms with van der Waals surface area (Å²) in [5.74, 6) is -0.593. The van der Waals surface area contributed by atoms with Crippen LogP contribution < -0.4 is 4.74 Å². The van der Waals surface area contributed by atoms with Crippen molar-refractivity contribution in [1.29, 1.82) is 0 Å². The number of aromatic nitrogens is 2. The number of hydrogen-bond donors (Lipinski definition) is 0. The van der Waals surface area contributed by atoms with E-state index in [4.69, 9.17) is 4.74 Å². The van der Waals surface area contributed by atoms with Gasteiger partial charge in [-0.1, -0.05) is 0 Å². The molecular formula is C18H15F6N3O2. The highest BCUT2D eigenvalue weighted by Crippen LogP contribution is 2.36. The van der Waals surface area contributed by atoms with E-state index in [1.54, 1.807) is 12.1 Å². The first kappa shape index (κ1) is 20.9. The molecule has 5 nitrogen and oxygen atoms in total. The second-order valence-corrected chi connectivity index (χ2v) is 6.47. The summed E-state index contributed by atoms with van der Waals surface area (Å²) < 4.78 is 83.5. The fraction of sp³-hybridized carbons (Fsp3) is 0.389. The van der Waals surface area contributed by atoms with E-state index in [2.05, 4.69) is 10.2 Å². The van der Waals surface area contributed by atoms with E-state index in [-0.39, 0.29) is 25.3 Å². The molecule has 1 amide bonds. The lowest BCUT2D eigenvalue weighted by molar-refractivity contribution is -0.143. The Morgan fingerprint density at radius 2 is 1.59 bits per heavy atom. The molecule has 0 aliphatic carbocycles. The maximum Gasteiger partial charge on any atom is 0.416 e. The van der Waals surface area contributed by atoms with Crippen LogP contribution in [0.4, 0.5) is 26.3 Å². The number of hydrogen-bond acceptors (Lipinski definition) is 4. The lowest BCUT2D eigenvalue weighted by atomic mass is 10.0. The van der Waals surface area contributed by atoms with Crippen molar-refractivity contribution < 1.29 is 35.9 Å². The van der Waals surface area contributed by atoms with Gasteiger partial charge in [-0.15, -0.1) is 5.10 Å². The first-order valence-electron chi connectivity index (χ1n) is 8.57. The number of nitrogens with zero attached hydrogens (tertiary/aromatic N) is 3. The highest BCUT2D eigenvalue weighted by molar-refractivity contribution is 5.94. The van der Waals surface area contributed by atoms with Gasteiger partial charge in [-0.25, -0.2) is 0 Å². The van der Waals surface area contributed by atoms with E-state index in [9.17, 15) is 31.1 Å². The fourth-order valence-corrected chi connectivity index (χ4v) is 2.96. The Bertz CT molecular complexity index is 830. The molecule has 0 spiro atoms. The summed E-state index contributed by atoms with van der Waals surface area (Å²) >= 11 is 0. The van der Waals surface area contributed by atoms with E-state index < -0.39 is 35.0 Å². The van der Waals surface area contributed by atoms with Gasteiger partial charge in [0, 0.05) is 43.8 Å². The summed E-state index contributed by atoms with van der Waals surface area (Å²) in [6, 6.07) is 4.12. The van der Waals surface area contributed by atoms with Crippen LogP contribution in [-0.4, -0.2) is 40.2 Å². The maximum absolute atomic E-state index is 13.0. The Balaban J connectivity index is 1.73. The van der Waals surface area contributed by atoms with Gasteiger partial charge < -0.3 is 9.64 Å². The van der Waals surface area contributed by atoms with Crippen LogP contribution in [0.1, 0.15) is 34.3 Å². The third-order valence-corrected chi connectivity index (χ3v) is 4.40. The lowest BCUT2D eigenvalue weighted by Crippen LogP contribution is -2.42. The van der Waals surface area contributed by atoms with Crippen LogP contribution in [-0.2, 0) is 12.4 Å². The number of halogens is 6. The standard InChI is InChI=1S/C18H15F6N3O2/c19-17(20,21)12-8-11(9-13(10-12)18(22,23)24)16(28)27-6-3-14(4-7-27)29-15-2-1-5-25-26-15/h1-2,5,8-10,14H,3-4,6-7H2. The van der Waals surface area contributed by atoms with E-state index in [0.29, 0.717) is 30.9 Å². The SMILES string of the molecule is O=C(c1cc(C(F)(F)F)cc(C(F)(F)F)c1)N1CCC(Oc2cccnn2)CC1. The van der Waals surface area contributed by atoms with Crippen LogP contribution >= 0.6 is 0 Å². The summed E-state index contributed by atoms with van der Waals surface area (Å²) in [5.41, 5.74) is -3.69. The quantitative estimate of drug-likeness (QED) is 0.700. The van der Waals surface area contributed by atoms with Crippen LogP contribution in [0.5, 0.6) is 5.88 Å². The number of carbonyl (C=O) groups excluding carboxylic acids is 1. The van der Waals surface area contributed by atoms with E-state index in [1.165, 1.54) is 11.1 Å². The summed E-state index contributed by atoms with van der Waals surface area (Å²) in [6.45, 7) is 0.253. The number of amides is 1. The largest absolute Gasteiger partial charge is 0.473 e. The molecular weight excluding hydrogens is 404 g/mol. The molecule has 11 heteroatoms. The van der Waals surface area contributed by atoms with Crippen molar-refractivity contribution >= 4 is 5.91 Å². The number of benzene rings is 1. The molecule has 0 bridgehead atoms. The summed E-state index contributed by atoms with van der Waals surface area (Å²) in [7, 11) is 0. The number of alkyl halides is 6. The van der Waals surface area contributed by atoms with Crippen molar-refractivity contribution in [1.82, 2.24) is 15.1 Å². The molecule has 1 aliphatic heterocycles. The summed E-state index contributed by atoms with van der Waals surface area (Å²) in [5, 5.41) is 7.44. The van der Waals surface area contributed by atoms with E-state index in [1.807, 2.05) is 0 Å². The van der Waals surface area contributed by atoms with Gasteiger partial charge in [-0.3, -0.25) is 4.79 Å². The molecule has 0 saturated carbocycles. The van der Waals surface area contributed by atoms with Crippen molar-refractivity contribution in [3.05, 3.63) is 53.2 Å². The summed E-state index contributed by atoms with van der Waals surface area (Å²) in [4.78, 5) is 13.8. The highest BCUT2D eigenvalue weighted by atomic mass is 19.4. The molecule has 0 atom stereocenters. The molecule has 0 radical (unpaired) electrons. The third-order valence-electron chi connectivity index (χ3n) is 4.40. The molecule has 0 unspecified atom stereocenters. The average Bonchev–Trinajstić information content (AvgIpc) is 2.67. The summed E-state index contributed by atoms with van der Waals surface area (Å²) in [6.07, 6.45) is -8.12. The average molecular weight is 419 g/mol. The van der Waals surface area contributed by atoms with E-state index in [0.717, 1.165) is 0 Å². The lowest BCUT2D eigenvalue weighted by Gasteiger charge is -2.32. The number of likely N-dealkylation sites (tertiary alicyclic amines) is 1. The van der Waals surface area contributed by atoms with Crippen molar-refractivity contribution in [2.75, 3.05) is 13.1 Å². The maximum atomic E-state index is 13.0. The Hall–Kier alpha value is -2.85. The van der Waals surface area contributed by atoms with Gasteiger partial charge in [0.2, 0.25) is 5.88 Å². The topological polar surface area (TPSA) is 55.3 Å². The van der Waals surface area contributed by atoms with Crippen LogP contribution in [0.15, 0.2) is 36.5 Å². The fourth-order valence-electron chi connectivity index (χ4n) is 2.96. The van der Waals surface area contributed by atoms with Crippen LogP contribution in [0.2, 0.25) is 0 Å². The molecule has 1 aromatic heterocycles. The smallest absolute Gasteiger partial charge is 0.416 e. The Morgan fingerprint density at radius 1 is 1.00 bits per heavy atom. The van der Waals surface area contributed by atoms with Crippen LogP contribution in [0.3, 0.4) is 0 Å². The second kappa shape index (κ2) is 7.88. The van der Waals surface area contributed by atoms with Gasteiger partial charge in [0.15, 0.2) is 0 Å². The normalized spacial score (nSPS) is 16.0. The van der Waals surface area contributed by atoms with Crippen molar-refractivity contribution in [2.45, 2.75) is 31.3 Å². The van der Waals surface area contributed by atoms with Crippen LogP contribution in [0, 0.1) is 0 Å². The molecule has 156 valence electrons. The van der Waals surface area contributed by atoms with Crippen LogP contribution in [0.25, 0.3) is 0 Å². The minimum absolute atomic E-state index is 0.00223. The van der Waals surface area contributed by atoms with Gasteiger partial charge in [0.25, 0.3) is 5.91 Å². The molecule has 1 aromatic carbocycles. The predicted molar refractivity (Wildman–Crippen MR) is 88.0 cm³/mol. The van der Waals surface area contributed by atoms with Gasteiger partial charge in [-0.2, -0.15) is 31.4 Å². The molecule has 2 heterocycles. The monoisotopic (exact) mass is 419 g/mol. The van der Waals surface area contributed by atoms with Crippen molar-refractivity contribution in [3.63, 3.8) is 0 Å². The molecule has 0 N–H and O–H groups in total. The minimum atomic E-state index is -5.01. The van der Waals surface area contributed by atoms with Gasteiger partial charge in [-0.05, 0) is 24.3 Å². The zero-order valence-electron chi connectivity index (χ0n) is 14.8. The number of piperidine rings is 1. The highest BCUT2D eigenvalue weighted by Gasteiger charge is 2.38. The van der Waals surface area contributed by atoms with Gasteiger partial charge in [0.05, 0.1) is 11.1 Å². The Kier molecular flexibility index (Phi) is 5.67. The molecule has 1 aliphatic rings. The number of rotatable bonds is 3. The first-order chi connectivity index (χ1) is 13.5. The van der Waals surface area contributed by atoms with Gasteiger partial charge in [0.1, 0.15) is 6.10 Å². The minimum Gasteiger partial charge on any atom is -0.473 e.